The zero-order valence-corrected chi connectivity index (χ0v) is 14.5. The highest BCUT2D eigenvalue weighted by Gasteiger charge is 2.22. The number of fused-ring (bicyclic) bond motifs is 1. The van der Waals surface area contributed by atoms with E-state index in [9.17, 15) is 13.6 Å². The zero-order chi connectivity index (χ0) is 18.8. The van der Waals surface area contributed by atoms with Crippen molar-refractivity contribution in [3.8, 4) is 0 Å². The Bertz CT molecular complexity index is 986. The normalized spacial score (nSPS) is 13.2. The number of pyridine rings is 1. The standard InChI is InChI=1S/C21H17F2N3O/c22-17-6-3-7-18(23)20(17)25-19-12-15(8-10-24-19)21(27)26-11-9-14-4-1-2-5-16(14)13-26/h1-8,10,12H,9,11,13H2,(H,24,25). The van der Waals surface area contributed by atoms with E-state index in [2.05, 4.69) is 16.4 Å². The number of rotatable bonds is 3. The average Bonchev–Trinajstić information content (AvgIpc) is 2.70. The Balaban J connectivity index is 1.55. The maximum Gasteiger partial charge on any atom is 0.254 e. The van der Waals surface area contributed by atoms with E-state index >= 15 is 0 Å². The quantitative estimate of drug-likeness (QED) is 0.753. The number of benzene rings is 2. The van der Waals surface area contributed by atoms with Crippen LogP contribution in [0.15, 0.2) is 60.8 Å². The van der Waals surface area contributed by atoms with Gasteiger partial charge in [-0.1, -0.05) is 30.3 Å². The summed E-state index contributed by atoms with van der Waals surface area (Å²) in [5.74, 6) is -1.37. The Kier molecular flexibility index (Phi) is 4.54. The maximum absolute atomic E-state index is 13.8. The summed E-state index contributed by atoms with van der Waals surface area (Å²) in [6.45, 7) is 1.17. The SMILES string of the molecule is O=C(c1ccnc(Nc2c(F)cccc2F)c1)N1CCc2ccccc2C1. The topological polar surface area (TPSA) is 45.2 Å². The molecule has 2 aromatic carbocycles. The molecule has 0 fully saturated rings. The molecule has 4 nitrogen and oxygen atoms in total. The van der Waals surface area contributed by atoms with E-state index in [1.165, 1.54) is 23.9 Å². The predicted octanol–water partition coefficient (Wildman–Crippen LogP) is 4.30. The first-order chi connectivity index (χ1) is 13.1. The average molecular weight is 365 g/mol. The molecule has 27 heavy (non-hydrogen) atoms. The molecule has 0 radical (unpaired) electrons. The van der Waals surface area contributed by atoms with Gasteiger partial charge < -0.3 is 10.2 Å². The van der Waals surface area contributed by atoms with Gasteiger partial charge >= 0.3 is 0 Å². The first-order valence-electron chi connectivity index (χ1n) is 8.65. The van der Waals surface area contributed by atoms with Crippen LogP contribution in [0, 0.1) is 11.6 Å². The van der Waals surface area contributed by atoms with Gasteiger partial charge in [-0.3, -0.25) is 4.79 Å². The van der Waals surface area contributed by atoms with Crippen LogP contribution in [-0.2, 0) is 13.0 Å². The van der Waals surface area contributed by atoms with E-state index < -0.39 is 11.6 Å². The first-order valence-corrected chi connectivity index (χ1v) is 8.65. The van der Waals surface area contributed by atoms with Crippen LogP contribution >= 0.6 is 0 Å². The summed E-state index contributed by atoms with van der Waals surface area (Å²) < 4.78 is 27.6. The van der Waals surface area contributed by atoms with Gasteiger partial charge in [-0.2, -0.15) is 0 Å². The Morgan fingerprint density at radius 3 is 2.52 bits per heavy atom. The number of nitrogens with one attached hydrogen (secondary N) is 1. The number of hydrogen-bond donors (Lipinski definition) is 1. The smallest absolute Gasteiger partial charge is 0.254 e. The van der Waals surface area contributed by atoms with E-state index in [0.29, 0.717) is 18.7 Å². The number of halogens is 2. The van der Waals surface area contributed by atoms with Crippen LogP contribution in [0.25, 0.3) is 0 Å². The summed E-state index contributed by atoms with van der Waals surface area (Å²) >= 11 is 0. The fourth-order valence-corrected chi connectivity index (χ4v) is 3.23. The van der Waals surface area contributed by atoms with Gasteiger partial charge in [0, 0.05) is 24.8 Å². The van der Waals surface area contributed by atoms with Gasteiger partial charge in [0.2, 0.25) is 0 Å². The molecule has 0 spiro atoms. The molecule has 2 heterocycles. The van der Waals surface area contributed by atoms with Crippen molar-refractivity contribution < 1.29 is 13.6 Å². The molecule has 1 N–H and O–H groups in total. The van der Waals surface area contributed by atoms with Crippen LogP contribution < -0.4 is 5.32 Å². The van der Waals surface area contributed by atoms with E-state index in [1.54, 1.807) is 11.0 Å². The molecule has 0 bridgehead atoms. The number of hydrogen-bond acceptors (Lipinski definition) is 3. The number of carbonyl (C=O) groups excluding carboxylic acids is 1. The van der Waals surface area contributed by atoms with Crippen LogP contribution in [0.4, 0.5) is 20.3 Å². The molecule has 3 aromatic rings. The van der Waals surface area contributed by atoms with Crippen LogP contribution in [0.5, 0.6) is 0 Å². The molecule has 136 valence electrons. The molecule has 0 saturated carbocycles. The van der Waals surface area contributed by atoms with Crippen LogP contribution in [0.2, 0.25) is 0 Å². The number of amides is 1. The minimum Gasteiger partial charge on any atom is -0.335 e. The lowest BCUT2D eigenvalue weighted by atomic mass is 9.99. The van der Waals surface area contributed by atoms with Crippen molar-refractivity contribution in [2.24, 2.45) is 0 Å². The number of carbonyl (C=O) groups is 1. The lowest BCUT2D eigenvalue weighted by Gasteiger charge is -2.29. The van der Waals surface area contributed by atoms with Gasteiger partial charge in [0.05, 0.1) is 0 Å². The van der Waals surface area contributed by atoms with Gasteiger partial charge in [0.25, 0.3) is 5.91 Å². The molecular formula is C21H17F2N3O. The molecule has 6 heteroatoms. The summed E-state index contributed by atoms with van der Waals surface area (Å²) in [7, 11) is 0. The third-order valence-corrected chi connectivity index (χ3v) is 4.64. The molecule has 1 amide bonds. The van der Waals surface area contributed by atoms with E-state index in [1.807, 2.05) is 18.2 Å². The molecular weight excluding hydrogens is 348 g/mol. The monoisotopic (exact) mass is 365 g/mol. The summed E-state index contributed by atoms with van der Waals surface area (Å²) in [5.41, 5.74) is 2.52. The van der Waals surface area contributed by atoms with Crippen molar-refractivity contribution in [2.45, 2.75) is 13.0 Å². The van der Waals surface area contributed by atoms with E-state index in [-0.39, 0.29) is 17.4 Å². The maximum atomic E-state index is 13.8. The largest absolute Gasteiger partial charge is 0.335 e. The molecule has 0 aliphatic carbocycles. The molecule has 1 aliphatic heterocycles. The summed E-state index contributed by atoms with van der Waals surface area (Å²) in [6, 6.07) is 14.8. The second-order valence-electron chi connectivity index (χ2n) is 6.40. The molecule has 1 aliphatic rings. The van der Waals surface area contributed by atoms with E-state index in [4.69, 9.17) is 0 Å². The van der Waals surface area contributed by atoms with Crippen molar-refractivity contribution in [3.05, 3.63) is 89.1 Å². The highest BCUT2D eigenvalue weighted by Crippen LogP contribution is 2.24. The molecule has 4 rings (SSSR count). The van der Waals surface area contributed by atoms with Crippen molar-refractivity contribution in [1.82, 2.24) is 9.88 Å². The number of anilines is 2. The third kappa shape index (κ3) is 3.51. The Hall–Kier alpha value is -3.28. The van der Waals surface area contributed by atoms with Crippen LogP contribution in [0.3, 0.4) is 0 Å². The second kappa shape index (κ2) is 7.15. The third-order valence-electron chi connectivity index (χ3n) is 4.64. The minimum absolute atomic E-state index is 0.135. The summed E-state index contributed by atoms with van der Waals surface area (Å²) in [5, 5.41) is 2.62. The molecule has 0 atom stereocenters. The predicted molar refractivity (Wildman–Crippen MR) is 98.8 cm³/mol. The molecule has 0 unspecified atom stereocenters. The number of aromatic nitrogens is 1. The van der Waals surface area contributed by atoms with Gasteiger partial charge in [0.15, 0.2) is 0 Å². The highest BCUT2D eigenvalue weighted by molar-refractivity contribution is 5.95. The number of nitrogens with zero attached hydrogens (tertiary/aromatic N) is 2. The van der Waals surface area contributed by atoms with Crippen molar-refractivity contribution in [3.63, 3.8) is 0 Å². The van der Waals surface area contributed by atoms with E-state index in [0.717, 1.165) is 24.1 Å². The van der Waals surface area contributed by atoms with Gasteiger partial charge in [-0.25, -0.2) is 13.8 Å². The van der Waals surface area contributed by atoms with Gasteiger partial charge in [-0.15, -0.1) is 0 Å². The lowest BCUT2D eigenvalue weighted by molar-refractivity contribution is 0.0734. The van der Waals surface area contributed by atoms with Gasteiger partial charge in [0.1, 0.15) is 23.1 Å². The Morgan fingerprint density at radius 2 is 1.74 bits per heavy atom. The number of para-hydroxylation sites is 1. The van der Waals surface area contributed by atoms with Gasteiger partial charge in [-0.05, 0) is 41.8 Å². The zero-order valence-electron chi connectivity index (χ0n) is 14.5. The fraction of sp³-hybridized carbons (Fsp3) is 0.143. The fourth-order valence-electron chi connectivity index (χ4n) is 3.23. The van der Waals surface area contributed by atoms with Crippen LogP contribution in [0.1, 0.15) is 21.5 Å². The second-order valence-corrected chi connectivity index (χ2v) is 6.40. The van der Waals surface area contributed by atoms with Crippen molar-refractivity contribution in [2.75, 3.05) is 11.9 Å². The van der Waals surface area contributed by atoms with Crippen molar-refractivity contribution in [1.29, 1.82) is 0 Å². The summed E-state index contributed by atoms with van der Waals surface area (Å²) in [4.78, 5) is 18.7. The Morgan fingerprint density at radius 1 is 1.00 bits per heavy atom. The first kappa shape index (κ1) is 17.1. The molecule has 1 aromatic heterocycles. The lowest BCUT2D eigenvalue weighted by Crippen LogP contribution is -2.35. The minimum atomic E-state index is -0.721. The van der Waals surface area contributed by atoms with Crippen LogP contribution in [-0.4, -0.2) is 22.3 Å². The Labute approximate surface area is 155 Å². The summed E-state index contributed by atoms with van der Waals surface area (Å²) in [6.07, 6.45) is 2.25. The highest BCUT2D eigenvalue weighted by atomic mass is 19.1. The van der Waals surface area contributed by atoms with Crippen molar-refractivity contribution >= 4 is 17.4 Å². The molecule has 0 saturated heterocycles.